The van der Waals surface area contributed by atoms with E-state index in [1.807, 2.05) is 0 Å². The number of hydrogen-bond acceptors (Lipinski definition) is 4. The molecule has 0 spiro atoms. The van der Waals surface area contributed by atoms with Gasteiger partial charge in [-0.2, -0.15) is 0 Å². The zero-order valence-corrected chi connectivity index (χ0v) is 7.75. The van der Waals surface area contributed by atoms with E-state index in [2.05, 4.69) is 0 Å². The molecule has 1 aliphatic heterocycles. The van der Waals surface area contributed by atoms with Crippen molar-refractivity contribution >= 4 is 5.97 Å². The Bertz CT molecular complexity index is 299. The number of esters is 1. The lowest BCUT2D eigenvalue weighted by molar-refractivity contribution is -0.132. The fraction of sp³-hybridized carbons (Fsp3) is 0.300. The lowest BCUT2D eigenvalue weighted by atomic mass is 10.2. The minimum Gasteiger partial charge on any atom is -0.423 e. The zero-order chi connectivity index (χ0) is 10.6. The van der Waals surface area contributed by atoms with E-state index in [4.69, 9.17) is 14.9 Å². The van der Waals surface area contributed by atoms with E-state index in [9.17, 15) is 4.79 Å². The zero-order valence-electron chi connectivity index (χ0n) is 7.75. The van der Waals surface area contributed by atoms with Crippen molar-refractivity contribution in [3.8, 4) is 0 Å². The molecule has 0 saturated heterocycles. The minimum absolute atomic E-state index is 0.402. The number of rotatable bonds is 3. The van der Waals surface area contributed by atoms with Gasteiger partial charge in [0.15, 0.2) is 0 Å². The maximum atomic E-state index is 10.6. The van der Waals surface area contributed by atoms with Crippen LogP contribution in [0.4, 0.5) is 0 Å². The molecule has 0 aromatic rings. The molecule has 4 nitrogen and oxygen atoms in total. The number of carbonyl (C=O) groups is 1. The number of hydrogen-bond donors (Lipinski definition) is 2. The molecular weight excluding hydrogens is 184 g/mol. The Hall–Kier alpha value is -1.39. The highest BCUT2D eigenvalue weighted by Crippen LogP contribution is 2.08. The highest BCUT2D eigenvalue weighted by molar-refractivity contribution is 5.86. The summed E-state index contributed by atoms with van der Waals surface area (Å²) in [6.07, 6.45) is 5.59. The molecule has 14 heavy (non-hydrogen) atoms. The summed E-state index contributed by atoms with van der Waals surface area (Å²) in [7, 11) is 0. The van der Waals surface area contributed by atoms with Crippen LogP contribution in [0.5, 0.6) is 0 Å². The van der Waals surface area contributed by atoms with Crippen LogP contribution in [0.25, 0.3) is 0 Å². The van der Waals surface area contributed by atoms with Crippen molar-refractivity contribution in [2.75, 3.05) is 0 Å². The van der Waals surface area contributed by atoms with Gasteiger partial charge in [0.2, 0.25) is 0 Å². The van der Waals surface area contributed by atoms with Crippen LogP contribution in [-0.4, -0.2) is 28.4 Å². The predicted molar refractivity (Wildman–Crippen MR) is 50.1 cm³/mol. The molecule has 0 aromatic carbocycles. The van der Waals surface area contributed by atoms with E-state index in [1.54, 1.807) is 0 Å². The number of allylic oxidation sites excluding steroid dienone is 3. The van der Waals surface area contributed by atoms with Gasteiger partial charge in [0, 0.05) is 6.08 Å². The largest absolute Gasteiger partial charge is 0.423 e. The van der Waals surface area contributed by atoms with Gasteiger partial charge < -0.3 is 14.9 Å². The summed E-state index contributed by atoms with van der Waals surface area (Å²) in [4.78, 5) is 10.6. The maximum absolute atomic E-state index is 10.6. The smallest absolute Gasteiger partial charge is 0.336 e. The van der Waals surface area contributed by atoms with E-state index < -0.39 is 18.2 Å². The lowest BCUT2D eigenvalue weighted by Gasteiger charge is -2.06. The molecule has 2 atom stereocenters. The quantitative estimate of drug-likeness (QED) is 0.636. The van der Waals surface area contributed by atoms with Gasteiger partial charge in [0.25, 0.3) is 0 Å². The third-order valence-electron chi connectivity index (χ3n) is 1.67. The fourth-order valence-corrected chi connectivity index (χ4v) is 0.849. The third kappa shape index (κ3) is 3.16. The van der Waals surface area contributed by atoms with E-state index in [0.29, 0.717) is 5.76 Å². The van der Waals surface area contributed by atoms with Crippen molar-refractivity contribution in [3.05, 3.63) is 36.1 Å². The summed E-state index contributed by atoms with van der Waals surface area (Å²) >= 11 is 0. The normalized spacial score (nSPS) is 23.1. The Labute approximate surface area is 81.8 Å². The number of carbonyl (C=O) groups excluding carboxylic acids is 1. The second kappa shape index (κ2) is 4.74. The summed E-state index contributed by atoms with van der Waals surface area (Å²) in [5.74, 6) is 0.0183. The monoisotopic (exact) mass is 196 g/mol. The van der Waals surface area contributed by atoms with Gasteiger partial charge in [0.05, 0.1) is 12.2 Å². The maximum Gasteiger partial charge on any atom is 0.336 e. The lowest BCUT2D eigenvalue weighted by Crippen LogP contribution is -2.19. The van der Waals surface area contributed by atoms with Gasteiger partial charge in [0.1, 0.15) is 5.76 Å². The molecule has 1 aliphatic rings. The first-order valence-electron chi connectivity index (χ1n) is 4.24. The van der Waals surface area contributed by atoms with Crippen LogP contribution >= 0.6 is 0 Å². The molecule has 76 valence electrons. The van der Waals surface area contributed by atoms with Crippen molar-refractivity contribution in [3.63, 3.8) is 0 Å². The van der Waals surface area contributed by atoms with Crippen LogP contribution in [0.15, 0.2) is 36.1 Å². The second-order valence-corrected chi connectivity index (χ2v) is 2.94. The Morgan fingerprint density at radius 1 is 1.43 bits per heavy atom. The van der Waals surface area contributed by atoms with Gasteiger partial charge in [-0.15, -0.1) is 0 Å². The molecule has 1 rings (SSSR count). The minimum atomic E-state index is -0.909. The van der Waals surface area contributed by atoms with Crippen molar-refractivity contribution < 1.29 is 19.7 Å². The first kappa shape index (κ1) is 10.7. The van der Waals surface area contributed by atoms with Crippen LogP contribution in [0.3, 0.4) is 0 Å². The highest BCUT2D eigenvalue weighted by atomic mass is 16.5. The van der Waals surface area contributed by atoms with Gasteiger partial charge in [-0.3, -0.25) is 0 Å². The summed E-state index contributed by atoms with van der Waals surface area (Å²) < 4.78 is 4.72. The van der Waals surface area contributed by atoms with Gasteiger partial charge in [-0.05, 0) is 19.1 Å². The second-order valence-electron chi connectivity index (χ2n) is 2.94. The molecule has 0 amide bonds. The van der Waals surface area contributed by atoms with Gasteiger partial charge in [-0.1, -0.05) is 12.2 Å². The van der Waals surface area contributed by atoms with Crippen molar-refractivity contribution in [2.45, 2.75) is 19.1 Å². The average Bonchev–Trinajstić information content (AvgIpc) is 2.51. The molecule has 0 aromatic heterocycles. The van der Waals surface area contributed by atoms with E-state index in [-0.39, 0.29) is 0 Å². The third-order valence-corrected chi connectivity index (χ3v) is 1.67. The Balaban J connectivity index is 2.47. The first-order valence-corrected chi connectivity index (χ1v) is 4.24. The number of aliphatic hydroxyl groups is 2. The highest BCUT2D eigenvalue weighted by Gasteiger charge is 2.08. The van der Waals surface area contributed by atoms with Crippen LogP contribution < -0.4 is 0 Å². The van der Waals surface area contributed by atoms with E-state index in [0.717, 1.165) is 0 Å². The molecule has 0 radical (unpaired) electrons. The topological polar surface area (TPSA) is 66.8 Å². The number of ether oxygens (including phenoxy) is 1. The summed E-state index contributed by atoms with van der Waals surface area (Å²) in [6, 6.07) is 0. The van der Waals surface area contributed by atoms with Crippen LogP contribution in [0.2, 0.25) is 0 Å². The number of cyclic esters (lactones) is 1. The molecular formula is C10H12O4. The van der Waals surface area contributed by atoms with Crippen molar-refractivity contribution in [1.82, 2.24) is 0 Å². The van der Waals surface area contributed by atoms with Crippen molar-refractivity contribution in [2.24, 2.45) is 0 Å². The summed E-state index contributed by atoms with van der Waals surface area (Å²) in [6.45, 7) is 1.48. The first-order chi connectivity index (χ1) is 6.59. The molecule has 1 heterocycles. The van der Waals surface area contributed by atoms with Crippen LogP contribution in [-0.2, 0) is 9.53 Å². The van der Waals surface area contributed by atoms with Crippen LogP contribution in [0.1, 0.15) is 6.92 Å². The molecule has 4 heteroatoms. The average molecular weight is 196 g/mol. The Morgan fingerprint density at radius 2 is 2.14 bits per heavy atom. The predicted octanol–water partition coefficient (Wildman–Crippen LogP) is 0.281. The molecule has 0 saturated carbocycles. The Kier molecular flexibility index (Phi) is 3.62. The fourth-order valence-electron chi connectivity index (χ4n) is 0.849. The number of aliphatic hydroxyl groups excluding tert-OH is 2. The standard InChI is InChI=1S/C10H12O4/c1-7(11)9(12)4-2-3-8-5-6-10(13)14-8/h2-7,9,11-12H,1H3/b4-2+,8-3+/t7-,9-/m0/s1. The molecule has 0 bridgehead atoms. The van der Waals surface area contributed by atoms with Crippen LogP contribution in [0, 0.1) is 0 Å². The summed E-state index contributed by atoms with van der Waals surface area (Å²) in [5.41, 5.74) is 0. The SMILES string of the molecule is C[C@H](O)[C@@H](O)/C=C/C=C1\C=CC(=O)O1. The van der Waals surface area contributed by atoms with E-state index >= 15 is 0 Å². The molecule has 0 unspecified atom stereocenters. The van der Waals surface area contributed by atoms with Gasteiger partial charge in [-0.25, -0.2) is 4.79 Å². The molecule has 0 fully saturated rings. The molecule has 0 aliphatic carbocycles. The van der Waals surface area contributed by atoms with E-state index in [1.165, 1.54) is 37.3 Å². The van der Waals surface area contributed by atoms with Gasteiger partial charge >= 0.3 is 5.97 Å². The van der Waals surface area contributed by atoms with Crippen molar-refractivity contribution in [1.29, 1.82) is 0 Å². The molecule has 2 N–H and O–H groups in total. The Morgan fingerprint density at radius 3 is 2.64 bits per heavy atom. The summed E-state index contributed by atoms with van der Waals surface area (Å²) in [5, 5.41) is 18.1.